The standard InChI is InChI=1S/C10H12BrF2NO2/c11-8-5-7(12)6-9(13)10(8)16-4-3-15-2-1-14/h5-6H,1-4,14H2. The molecule has 2 N–H and O–H groups in total. The van der Waals surface area contributed by atoms with Gasteiger partial charge in [-0.2, -0.15) is 0 Å². The summed E-state index contributed by atoms with van der Waals surface area (Å²) in [4.78, 5) is 0. The molecule has 0 heterocycles. The predicted octanol–water partition coefficient (Wildman–Crippen LogP) is 2.08. The topological polar surface area (TPSA) is 44.5 Å². The minimum absolute atomic E-state index is 0.0160. The van der Waals surface area contributed by atoms with E-state index < -0.39 is 11.6 Å². The molecule has 0 radical (unpaired) electrons. The monoisotopic (exact) mass is 295 g/mol. The van der Waals surface area contributed by atoms with Crippen LogP contribution in [0.5, 0.6) is 5.75 Å². The van der Waals surface area contributed by atoms with Crippen LogP contribution < -0.4 is 10.5 Å². The molecule has 16 heavy (non-hydrogen) atoms. The number of hydrogen-bond donors (Lipinski definition) is 1. The second kappa shape index (κ2) is 6.78. The van der Waals surface area contributed by atoms with E-state index in [4.69, 9.17) is 15.2 Å². The highest BCUT2D eigenvalue weighted by atomic mass is 79.9. The molecule has 90 valence electrons. The van der Waals surface area contributed by atoms with E-state index in [0.717, 1.165) is 12.1 Å². The zero-order valence-corrected chi connectivity index (χ0v) is 10.1. The summed E-state index contributed by atoms with van der Waals surface area (Å²) < 4.78 is 36.4. The van der Waals surface area contributed by atoms with Gasteiger partial charge in [-0.3, -0.25) is 0 Å². The van der Waals surface area contributed by atoms with Crippen molar-refractivity contribution in [2.45, 2.75) is 0 Å². The second-order valence-corrected chi connectivity index (χ2v) is 3.80. The van der Waals surface area contributed by atoms with Crippen LogP contribution >= 0.6 is 15.9 Å². The van der Waals surface area contributed by atoms with Crippen molar-refractivity contribution in [2.75, 3.05) is 26.4 Å². The van der Waals surface area contributed by atoms with Gasteiger partial charge in [0.1, 0.15) is 12.4 Å². The van der Waals surface area contributed by atoms with Gasteiger partial charge < -0.3 is 15.2 Å². The number of ether oxygens (including phenoxy) is 2. The lowest BCUT2D eigenvalue weighted by Crippen LogP contribution is -2.13. The van der Waals surface area contributed by atoms with Crippen LogP contribution in [0, 0.1) is 11.6 Å². The Balaban J connectivity index is 2.47. The highest BCUT2D eigenvalue weighted by Gasteiger charge is 2.10. The Labute approximate surface area is 101 Å². The van der Waals surface area contributed by atoms with Crippen LogP contribution in [0.2, 0.25) is 0 Å². The van der Waals surface area contributed by atoms with E-state index in [0.29, 0.717) is 19.8 Å². The summed E-state index contributed by atoms with van der Waals surface area (Å²) in [5.74, 6) is -1.42. The van der Waals surface area contributed by atoms with Crippen LogP contribution in [-0.2, 0) is 4.74 Å². The van der Waals surface area contributed by atoms with Crippen molar-refractivity contribution < 1.29 is 18.3 Å². The van der Waals surface area contributed by atoms with E-state index >= 15 is 0 Å². The molecule has 0 unspecified atom stereocenters. The normalized spacial score (nSPS) is 10.5. The Morgan fingerprint density at radius 3 is 2.56 bits per heavy atom. The average Bonchev–Trinajstić information content (AvgIpc) is 2.20. The van der Waals surface area contributed by atoms with E-state index in [2.05, 4.69) is 15.9 Å². The first-order valence-corrected chi connectivity index (χ1v) is 5.49. The Kier molecular flexibility index (Phi) is 5.65. The van der Waals surface area contributed by atoms with E-state index in [1.165, 1.54) is 0 Å². The molecule has 0 aliphatic heterocycles. The molecule has 6 heteroatoms. The first kappa shape index (κ1) is 13.3. The first-order valence-electron chi connectivity index (χ1n) is 4.70. The maximum Gasteiger partial charge on any atom is 0.169 e. The molecule has 1 aromatic carbocycles. The number of benzene rings is 1. The lowest BCUT2D eigenvalue weighted by Gasteiger charge is -2.09. The van der Waals surface area contributed by atoms with Gasteiger partial charge in [-0.05, 0) is 22.0 Å². The first-order chi connectivity index (χ1) is 7.65. The highest BCUT2D eigenvalue weighted by Crippen LogP contribution is 2.29. The molecule has 0 aliphatic carbocycles. The SMILES string of the molecule is NCCOCCOc1c(F)cc(F)cc1Br. The molecule has 0 aromatic heterocycles. The van der Waals surface area contributed by atoms with Crippen LogP contribution in [0.25, 0.3) is 0 Å². The molecule has 1 aromatic rings. The molecule has 1 rings (SSSR count). The lowest BCUT2D eigenvalue weighted by atomic mass is 10.3. The molecule has 3 nitrogen and oxygen atoms in total. The Bertz CT molecular complexity index is 327. The largest absolute Gasteiger partial charge is 0.487 e. The third kappa shape index (κ3) is 4.03. The van der Waals surface area contributed by atoms with Gasteiger partial charge in [0.2, 0.25) is 0 Å². The van der Waals surface area contributed by atoms with Crippen LogP contribution in [0.3, 0.4) is 0 Å². The summed E-state index contributed by atoms with van der Waals surface area (Å²) in [6, 6.07) is 1.90. The Hall–Kier alpha value is -0.720. The fourth-order valence-electron chi connectivity index (χ4n) is 1.05. The maximum absolute atomic E-state index is 13.2. The van der Waals surface area contributed by atoms with Gasteiger partial charge in [-0.15, -0.1) is 0 Å². The summed E-state index contributed by atoms with van der Waals surface area (Å²) >= 11 is 3.01. The third-order valence-corrected chi connectivity index (χ3v) is 2.29. The molecule has 0 saturated heterocycles. The van der Waals surface area contributed by atoms with Crippen molar-refractivity contribution in [1.29, 1.82) is 0 Å². The fraction of sp³-hybridized carbons (Fsp3) is 0.400. The number of halogens is 3. The molecular formula is C10H12BrF2NO2. The van der Waals surface area contributed by atoms with Gasteiger partial charge >= 0.3 is 0 Å². The van der Waals surface area contributed by atoms with Gasteiger partial charge in [-0.1, -0.05) is 0 Å². The molecule has 0 aliphatic rings. The number of rotatable bonds is 6. The van der Waals surface area contributed by atoms with Crippen LogP contribution in [0.4, 0.5) is 8.78 Å². The zero-order chi connectivity index (χ0) is 12.0. The predicted molar refractivity (Wildman–Crippen MR) is 59.4 cm³/mol. The maximum atomic E-state index is 13.2. The van der Waals surface area contributed by atoms with E-state index in [1.807, 2.05) is 0 Å². The van der Waals surface area contributed by atoms with Gasteiger partial charge in [0.15, 0.2) is 11.6 Å². The van der Waals surface area contributed by atoms with Crippen molar-refractivity contribution in [2.24, 2.45) is 5.73 Å². The van der Waals surface area contributed by atoms with Gasteiger partial charge in [0.05, 0.1) is 17.7 Å². The highest BCUT2D eigenvalue weighted by molar-refractivity contribution is 9.10. The second-order valence-electron chi connectivity index (χ2n) is 2.95. The fourth-order valence-corrected chi connectivity index (χ4v) is 1.58. The van der Waals surface area contributed by atoms with Crippen LogP contribution in [0.15, 0.2) is 16.6 Å². The number of hydrogen-bond acceptors (Lipinski definition) is 3. The van der Waals surface area contributed by atoms with Crippen molar-refractivity contribution in [3.05, 3.63) is 28.2 Å². The average molecular weight is 296 g/mol. The Morgan fingerprint density at radius 1 is 1.19 bits per heavy atom. The van der Waals surface area contributed by atoms with Crippen LogP contribution in [0.1, 0.15) is 0 Å². The molecule has 0 bridgehead atoms. The summed E-state index contributed by atoms with van der Waals surface area (Å²) in [6.07, 6.45) is 0. The van der Waals surface area contributed by atoms with Gasteiger partial charge in [0.25, 0.3) is 0 Å². The molecule has 0 fully saturated rings. The summed E-state index contributed by atoms with van der Waals surface area (Å²) in [7, 11) is 0. The zero-order valence-electron chi connectivity index (χ0n) is 8.51. The Morgan fingerprint density at radius 2 is 1.94 bits per heavy atom. The minimum atomic E-state index is -0.745. The van der Waals surface area contributed by atoms with E-state index in [-0.39, 0.29) is 16.8 Å². The van der Waals surface area contributed by atoms with Gasteiger partial charge in [0, 0.05) is 12.6 Å². The summed E-state index contributed by atoms with van der Waals surface area (Å²) in [6.45, 7) is 1.34. The third-order valence-electron chi connectivity index (χ3n) is 1.70. The van der Waals surface area contributed by atoms with Crippen LogP contribution in [-0.4, -0.2) is 26.4 Å². The van der Waals surface area contributed by atoms with Crippen molar-refractivity contribution in [3.8, 4) is 5.75 Å². The molecule has 0 saturated carbocycles. The van der Waals surface area contributed by atoms with Crippen molar-refractivity contribution in [3.63, 3.8) is 0 Å². The lowest BCUT2D eigenvalue weighted by molar-refractivity contribution is 0.104. The molecule has 0 spiro atoms. The smallest absolute Gasteiger partial charge is 0.169 e. The van der Waals surface area contributed by atoms with Crippen molar-refractivity contribution in [1.82, 2.24) is 0 Å². The molecule has 0 amide bonds. The van der Waals surface area contributed by atoms with E-state index in [9.17, 15) is 8.78 Å². The summed E-state index contributed by atoms with van der Waals surface area (Å²) in [5.41, 5.74) is 5.21. The van der Waals surface area contributed by atoms with Crippen molar-refractivity contribution >= 4 is 15.9 Å². The minimum Gasteiger partial charge on any atom is -0.487 e. The number of nitrogens with two attached hydrogens (primary N) is 1. The molecular weight excluding hydrogens is 284 g/mol. The quantitative estimate of drug-likeness (QED) is 0.817. The van der Waals surface area contributed by atoms with Gasteiger partial charge in [-0.25, -0.2) is 8.78 Å². The summed E-state index contributed by atoms with van der Waals surface area (Å²) in [5, 5.41) is 0. The van der Waals surface area contributed by atoms with E-state index in [1.54, 1.807) is 0 Å². The molecule has 0 atom stereocenters.